The molecule has 7 nitrogen and oxygen atoms in total. The second kappa shape index (κ2) is 7.52. The lowest BCUT2D eigenvalue weighted by molar-refractivity contribution is -0.133. The van der Waals surface area contributed by atoms with E-state index in [2.05, 4.69) is 4.90 Å². The number of rotatable bonds is 4. The Morgan fingerprint density at radius 2 is 1.68 bits per heavy atom. The highest BCUT2D eigenvalue weighted by Crippen LogP contribution is 2.21. The Balaban J connectivity index is 1.63. The molecule has 0 N–H and O–H groups in total. The molecule has 3 rings (SSSR count). The standard InChI is InChI=1S/C17H22N4O3S/c18-13-15-5-1-2-6-16(15)25(23,24)21-11-9-20(10-12-21)17(22)14-19-7-3-4-8-19/h1-2,5-6H,3-4,7-12,14H2. The highest BCUT2D eigenvalue weighted by molar-refractivity contribution is 7.89. The second-order valence-corrected chi connectivity index (χ2v) is 8.28. The van der Waals surface area contributed by atoms with Crippen molar-refractivity contribution in [3.63, 3.8) is 0 Å². The van der Waals surface area contributed by atoms with Gasteiger partial charge in [0.1, 0.15) is 6.07 Å². The van der Waals surface area contributed by atoms with Gasteiger partial charge in [-0.3, -0.25) is 9.69 Å². The molecule has 0 unspecified atom stereocenters. The molecule has 2 fully saturated rings. The highest BCUT2D eigenvalue weighted by Gasteiger charge is 2.32. The van der Waals surface area contributed by atoms with Gasteiger partial charge in [-0.05, 0) is 38.1 Å². The Hall–Kier alpha value is -1.95. The van der Waals surface area contributed by atoms with Crippen LogP contribution in [0.2, 0.25) is 0 Å². The molecule has 2 saturated heterocycles. The number of carbonyl (C=O) groups is 1. The summed E-state index contributed by atoms with van der Waals surface area (Å²) in [5.41, 5.74) is 0.148. The van der Waals surface area contributed by atoms with Gasteiger partial charge in [-0.2, -0.15) is 9.57 Å². The van der Waals surface area contributed by atoms with E-state index in [4.69, 9.17) is 5.26 Å². The zero-order valence-corrected chi connectivity index (χ0v) is 14.9. The Morgan fingerprint density at radius 1 is 1.04 bits per heavy atom. The van der Waals surface area contributed by atoms with Gasteiger partial charge in [0.2, 0.25) is 15.9 Å². The average Bonchev–Trinajstić information content (AvgIpc) is 3.14. The predicted molar refractivity (Wildman–Crippen MR) is 92.2 cm³/mol. The Bertz CT molecular complexity index is 773. The largest absolute Gasteiger partial charge is 0.339 e. The van der Waals surface area contributed by atoms with Crippen LogP contribution in [0.1, 0.15) is 18.4 Å². The summed E-state index contributed by atoms with van der Waals surface area (Å²) < 4.78 is 26.9. The number of likely N-dealkylation sites (tertiary alicyclic amines) is 1. The first-order chi connectivity index (χ1) is 12.0. The third kappa shape index (κ3) is 3.84. The summed E-state index contributed by atoms with van der Waals surface area (Å²) in [4.78, 5) is 16.3. The molecule has 0 bridgehead atoms. The molecule has 0 radical (unpaired) electrons. The molecule has 2 heterocycles. The van der Waals surface area contributed by atoms with Crippen LogP contribution in [0.3, 0.4) is 0 Å². The molecule has 0 spiro atoms. The minimum atomic E-state index is -3.71. The van der Waals surface area contributed by atoms with Crippen LogP contribution < -0.4 is 0 Å². The highest BCUT2D eigenvalue weighted by atomic mass is 32.2. The molecular formula is C17H22N4O3S. The smallest absolute Gasteiger partial charge is 0.244 e. The third-order valence-corrected chi connectivity index (χ3v) is 6.73. The molecule has 2 aliphatic heterocycles. The van der Waals surface area contributed by atoms with Gasteiger partial charge in [-0.15, -0.1) is 0 Å². The van der Waals surface area contributed by atoms with Crippen LogP contribution in [0.4, 0.5) is 0 Å². The van der Waals surface area contributed by atoms with Crippen LogP contribution in [0, 0.1) is 11.3 Å². The summed E-state index contributed by atoms with van der Waals surface area (Å²) >= 11 is 0. The number of amides is 1. The lowest BCUT2D eigenvalue weighted by Gasteiger charge is -2.34. The molecule has 0 atom stereocenters. The van der Waals surface area contributed by atoms with E-state index in [0.717, 1.165) is 25.9 Å². The number of benzene rings is 1. The van der Waals surface area contributed by atoms with Crippen molar-refractivity contribution in [2.24, 2.45) is 0 Å². The number of nitriles is 1. The van der Waals surface area contributed by atoms with Crippen LogP contribution in [-0.2, 0) is 14.8 Å². The van der Waals surface area contributed by atoms with Crippen molar-refractivity contribution < 1.29 is 13.2 Å². The van der Waals surface area contributed by atoms with E-state index in [-0.39, 0.29) is 29.5 Å². The van der Waals surface area contributed by atoms with Crippen LogP contribution in [0.25, 0.3) is 0 Å². The SMILES string of the molecule is N#Cc1ccccc1S(=O)(=O)N1CCN(C(=O)CN2CCCC2)CC1. The predicted octanol–water partition coefficient (Wildman–Crippen LogP) is 0.487. The van der Waals surface area contributed by atoms with Crippen LogP contribution in [0.5, 0.6) is 0 Å². The van der Waals surface area contributed by atoms with Gasteiger partial charge in [-0.25, -0.2) is 8.42 Å². The first-order valence-electron chi connectivity index (χ1n) is 8.52. The zero-order chi connectivity index (χ0) is 17.9. The summed E-state index contributed by atoms with van der Waals surface area (Å²) in [7, 11) is -3.71. The van der Waals surface area contributed by atoms with Crippen LogP contribution in [0.15, 0.2) is 29.2 Å². The quantitative estimate of drug-likeness (QED) is 0.778. The fraction of sp³-hybridized carbons (Fsp3) is 0.529. The van der Waals surface area contributed by atoms with Gasteiger partial charge >= 0.3 is 0 Å². The molecule has 2 aliphatic rings. The van der Waals surface area contributed by atoms with Gasteiger partial charge in [-0.1, -0.05) is 12.1 Å². The molecule has 0 aromatic heterocycles. The maximum atomic E-state index is 12.8. The summed E-state index contributed by atoms with van der Waals surface area (Å²) in [6.45, 7) is 3.64. The van der Waals surface area contributed by atoms with Crippen LogP contribution >= 0.6 is 0 Å². The number of piperazine rings is 1. The molecule has 8 heteroatoms. The Kier molecular flexibility index (Phi) is 5.37. The van der Waals surface area contributed by atoms with Gasteiger partial charge in [0.05, 0.1) is 17.0 Å². The maximum Gasteiger partial charge on any atom is 0.244 e. The molecule has 1 amide bonds. The number of nitrogens with zero attached hydrogens (tertiary/aromatic N) is 4. The Labute approximate surface area is 148 Å². The molecule has 1 aromatic rings. The topological polar surface area (TPSA) is 84.7 Å². The van der Waals surface area contributed by atoms with E-state index in [0.29, 0.717) is 19.6 Å². The van der Waals surface area contributed by atoms with Gasteiger partial charge in [0.25, 0.3) is 0 Å². The van der Waals surface area contributed by atoms with Crippen molar-refractivity contribution >= 4 is 15.9 Å². The van der Waals surface area contributed by atoms with E-state index in [1.165, 1.54) is 16.4 Å². The fourth-order valence-corrected chi connectivity index (χ4v) is 4.90. The number of carbonyl (C=O) groups excluding carboxylic acids is 1. The van der Waals surface area contributed by atoms with Crippen LogP contribution in [-0.4, -0.2) is 74.2 Å². The van der Waals surface area contributed by atoms with Crippen molar-refractivity contribution in [2.45, 2.75) is 17.7 Å². The molecule has 0 saturated carbocycles. The minimum Gasteiger partial charge on any atom is -0.339 e. The molecular weight excluding hydrogens is 340 g/mol. The summed E-state index contributed by atoms with van der Waals surface area (Å²) in [6, 6.07) is 8.15. The van der Waals surface area contributed by atoms with Gasteiger partial charge in [0, 0.05) is 26.2 Å². The lowest BCUT2D eigenvalue weighted by atomic mass is 10.2. The van der Waals surface area contributed by atoms with Gasteiger partial charge in [0.15, 0.2) is 0 Å². The average molecular weight is 362 g/mol. The first kappa shape index (κ1) is 17.9. The second-order valence-electron chi connectivity index (χ2n) is 6.38. The molecule has 25 heavy (non-hydrogen) atoms. The zero-order valence-electron chi connectivity index (χ0n) is 14.1. The lowest BCUT2D eigenvalue weighted by Crippen LogP contribution is -2.52. The monoisotopic (exact) mass is 362 g/mol. The normalized spacial score (nSPS) is 19.7. The summed E-state index contributed by atoms with van der Waals surface area (Å²) in [5.74, 6) is 0.0661. The van der Waals surface area contributed by atoms with E-state index in [9.17, 15) is 13.2 Å². The van der Waals surface area contributed by atoms with E-state index in [1.54, 1.807) is 17.0 Å². The fourth-order valence-electron chi connectivity index (χ4n) is 3.33. The Morgan fingerprint density at radius 3 is 2.32 bits per heavy atom. The van der Waals surface area contributed by atoms with Crippen molar-refractivity contribution in [1.29, 1.82) is 5.26 Å². The van der Waals surface area contributed by atoms with Crippen molar-refractivity contribution in [3.05, 3.63) is 29.8 Å². The third-order valence-electron chi connectivity index (χ3n) is 4.77. The van der Waals surface area contributed by atoms with Crippen molar-refractivity contribution in [2.75, 3.05) is 45.8 Å². The van der Waals surface area contributed by atoms with Gasteiger partial charge < -0.3 is 4.90 Å². The summed E-state index contributed by atoms with van der Waals surface area (Å²) in [6.07, 6.45) is 2.27. The number of hydrogen-bond donors (Lipinski definition) is 0. The molecule has 0 aliphatic carbocycles. The number of hydrogen-bond acceptors (Lipinski definition) is 5. The maximum absolute atomic E-state index is 12.8. The van der Waals surface area contributed by atoms with E-state index < -0.39 is 10.0 Å². The van der Waals surface area contributed by atoms with E-state index >= 15 is 0 Å². The number of sulfonamides is 1. The minimum absolute atomic E-state index is 0.0364. The van der Waals surface area contributed by atoms with Crippen molar-refractivity contribution in [3.8, 4) is 6.07 Å². The molecule has 1 aromatic carbocycles. The van der Waals surface area contributed by atoms with Crippen molar-refractivity contribution in [1.82, 2.24) is 14.1 Å². The first-order valence-corrected chi connectivity index (χ1v) is 9.96. The van der Waals surface area contributed by atoms with E-state index in [1.807, 2.05) is 6.07 Å². The molecule has 134 valence electrons. The summed E-state index contributed by atoms with van der Waals surface area (Å²) in [5, 5.41) is 9.14.